The van der Waals surface area contributed by atoms with E-state index in [0.717, 1.165) is 38.3 Å². The van der Waals surface area contributed by atoms with Crippen molar-refractivity contribution in [3.63, 3.8) is 0 Å². The van der Waals surface area contributed by atoms with Crippen molar-refractivity contribution in [2.45, 2.75) is 6.10 Å². The van der Waals surface area contributed by atoms with Gasteiger partial charge in [0, 0.05) is 39.3 Å². The standard InChI is InChI=1S/C22H26N2O3/c25-21(19-8-10-20(11-9-19)22(26)27)17-24-15-13-23(14-16-24)12-4-7-18-5-2-1-3-6-18/h1-11,21,25H,12-17H2,(H,26,27)/b7-4+. The van der Waals surface area contributed by atoms with Gasteiger partial charge in [0.15, 0.2) is 0 Å². The zero-order valence-corrected chi connectivity index (χ0v) is 15.4. The lowest BCUT2D eigenvalue weighted by molar-refractivity contribution is 0.0694. The highest BCUT2D eigenvalue weighted by Crippen LogP contribution is 2.16. The fourth-order valence-corrected chi connectivity index (χ4v) is 3.25. The smallest absolute Gasteiger partial charge is 0.335 e. The van der Waals surface area contributed by atoms with E-state index in [9.17, 15) is 9.90 Å². The van der Waals surface area contributed by atoms with E-state index in [-0.39, 0.29) is 5.56 Å². The number of hydrogen-bond donors (Lipinski definition) is 2. The van der Waals surface area contributed by atoms with E-state index in [4.69, 9.17) is 5.11 Å². The lowest BCUT2D eigenvalue weighted by Gasteiger charge is -2.35. The van der Waals surface area contributed by atoms with Crippen molar-refractivity contribution in [3.8, 4) is 0 Å². The molecule has 2 N–H and O–H groups in total. The summed E-state index contributed by atoms with van der Waals surface area (Å²) in [5.41, 5.74) is 2.21. The van der Waals surface area contributed by atoms with Crippen LogP contribution in [-0.2, 0) is 0 Å². The van der Waals surface area contributed by atoms with E-state index in [1.54, 1.807) is 12.1 Å². The maximum atomic E-state index is 10.9. The van der Waals surface area contributed by atoms with Crippen LogP contribution in [0.5, 0.6) is 0 Å². The second-order valence-electron chi connectivity index (χ2n) is 6.86. The molecular weight excluding hydrogens is 340 g/mol. The predicted octanol–water partition coefficient (Wildman–Crippen LogP) is 2.75. The Kier molecular flexibility index (Phi) is 6.76. The van der Waals surface area contributed by atoms with Crippen molar-refractivity contribution in [2.75, 3.05) is 39.3 Å². The summed E-state index contributed by atoms with van der Waals surface area (Å²) in [4.78, 5) is 15.6. The number of aliphatic hydroxyl groups excluding tert-OH is 1. The summed E-state index contributed by atoms with van der Waals surface area (Å²) in [6.45, 7) is 5.29. The van der Waals surface area contributed by atoms with Crippen LogP contribution in [0.4, 0.5) is 0 Å². The van der Waals surface area contributed by atoms with E-state index < -0.39 is 12.1 Å². The highest BCUT2D eigenvalue weighted by Gasteiger charge is 2.19. The van der Waals surface area contributed by atoms with Crippen molar-refractivity contribution >= 4 is 12.0 Å². The zero-order chi connectivity index (χ0) is 19.1. The Morgan fingerprint density at radius 2 is 1.59 bits per heavy atom. The van der Waals surface area contributed by atoms with Gasteiger partial charge in [-0.25, -0.2) is 4.79 Å². The molecule has 0 saturated carbocycles. The van der Waals surface area contributed by atoms with Crippen molar-refractivity contribution in [1.29, 1.82) is 0 Å². The molecule has 5 heteroatoms. The molecule has 2 aromatic rings. The zero-order valence-electron chi connectivity index (χ0n) is 15.4. The molecule has 3 rings (SSSR count). The Hall–Kier alpha value is -2.47. The van der Waals surface area contributed by atoms with E-state index in [1.807, 2.05) is 18.2 Å². The van der Waals surface area contributed by atoms with Crippen molar-refractivity contribution in [3.05, 3.63) is 77.4 Å². The molecule has 1 atom stereocenters. The molecule has 0 aliphatic carbocycles. The fourth-order valence-electron chi connectivity index (χ4n) is 3.25. The Morgan fingerprint density at radius 1 is 0.963 bits per heavy atom. The average molecular weight is 366 g/mol. The van der Waals surface area contributed by atoms with Crippen LogP contribution in [0.15, 0.2) is 60.7 Å². The van der Waals surface area contributed by atoms with Gasteiger partial charge in [-0.1, -0.05) is 54.6 Å². The molecule has 0 radical (unpaired) electrons. The minimum atomic E-state index is -0.950. The molecule has 1 heterocycles. The molecular formula is C22H26N2O3. The number of aromatic carboxylic acids is 1. The van der Waals surface area contributed by atoms with Gasteiger partial charge in [-0.2, -0.15) is 0 Å². The first-order valence-electron chi connectivity index (χ1n) is 9.29. The molecule has 0 aromatic heterocycles. The first kappa shape index (κ1) is 19.3. The molecule has 1 aliphatic rings. The molecule has 27 heavy (non-hydrogen) atoms. The maximum Gasteiger partial charge on any atom is 0.335 e. The molecule has 1 aliphatic heterocycles. The first-order chi connectivity index (χ1) is 13.1. The maximum absolute atomic E-state index is 10.9. The highest BCUT2D eigenvalue weighted by molar-refractivity contribution is 5.87. The SMILES string of the molecule is O=C(O)c1ccc(C(O)CN2CCN(C/C=C/c3ccccc3)CC2)cc1. The summed E-state index contributed by atoms with van der Waals surface area (Å²) in [7, 11) is 0. The van der Waals surface area contributed by atoms with Crippen LogP contribution >= 0.6 is 0 Å². The van der Waals surface area contributed by atoms with Gasteiger partial charge >= 0.3 is 5.97 Å². The largest absolute Gasteiger partial charge is 0.478 e. The molecule has 0 amide bonds. The van der Waals surface area contributed by atoms with Gasteiger partial charge in [-0.15, -0.1) is 0 Å². The number of carboxylic acids is 1. The third-order valence-corrected chi connectivity index (χ3v) is 4.91. The van der Waals surface area contributed by atoms with E-state index in [1.165, 1.54) is 17.7 Å². The minimum absolute atomic E-state index is 0.239. The number of nitrogens with zero attached hydrogens (tertiary/aromatic N) is 2. The Balaban J connectivity index is 1.42. The summed E-state index contributed by atoms with van der Waals surface area (Å²) in [5, 5.41) is 19.4. The number of hydrogen-bond acceptors (Lipinski definition) is 4. The summed E-state index contributed by atoms with van der Waals surface area (Å²) in [5.74, 6) is -0.950. The van der Waals surface area contributed by atoms with Crippen molar-refractivity contribution in [1.82, 2.24) is 9.80 Å². The Bertz CT molecular complexity index is 751. The van der Waals surface area contributed by atoms with E-state index in [2.05, 4.69) is 34.1 Å². The molecule has 0 spiro atoms. The Morgan fingerprint density at radius 3 is 2.22 bits per heavy atom. The van der Waals surface area contributed by atoms with Crippen molar-refractivity contribution < 1.29 is 15.0 Å². The molecule has 5 nitrogen and oxygen atoms in total. The number of β-amino-alcohol motifs (C(OH)–C–C–N with tert-alkyl or cyclic N) is 1. The summed E-state index contributed by atoms with van der Waals surface area (Å²) >= 11 is 0. The third-order valence-electron chi connectivity index (χ3n) is 4.91. The van der Waals surface area contributed by atoms with Crippen LogP contribution in [-0.4, -0.2) is 65.3 Å². The highest BCUT2D eigenvalue weighted by atomic mass is 16.4. The summed E-state index contributed by atoms with van der Waals surface area (Å²) in [6, 6.07) is 16.8. The lowest BCUT2D eigenvalue weighted by Crippen LogP contribution is -2.47. The van der Waals surface area contributed by atoms with Gasteiger partial charge in [0.05, 0.1) is 11.7 Å². The van der Waals surface area contributed by atoms with Gasteiger partial charge in [0.25, 0.3) is 0 Å². The quantitative estimate of drug-likeness (QED) is 0.789. The second-order valence-corrected chi connectivity index (χ2v) is 6.86. The number of carboxylic acid groups (broad SMARTS) is 1. The number of carbonyl (C=O) groups is 1. The molecule has 2 aromatic carbocycles. The molecule has 1 fully saturated rings. The monoisotopic (exact) mass is 366 g/mol. The minimum Gasteiger partial charge on any atom is -0.478 e. The number of benzene rings is 2. The number of rotatable bonds is 7. The van der Waals surface area contributed by atoms with Crippen LogP contribution in [0.2, 0.25) is 0 Å². The second kappa shape index (κ2) is 9.46. The molecule has 1 saturated heterocycles. The topological polar surface area (TPSA) is 64.0 Å². The molecule has 0 bridgehead atoms. The van der Waals surface area contributed by atoms with Crippen LogP contribution in [0.1, 0.15) is 27.6 Å². The van der Waals surface area contributed by atoms with Crippen molar-refractivity contribution in [2.24, 2.45) is 0 Å². The molecule has 1 unspecified atom stereocenters. The van der Waals surface area contributed by atoms with E-state index >= 15 is 0 Å². The van der Waals surface area contributed by atoms with Gasteiger partial charge in [0.1, 0.15) is 0 Å². The van der Waals surface area contributed by atoms with E-state index in [0.29, 0.717) is 6.54 Å². The van der Waals surface area contributed by atoms with Crippen LogP contribution in [0, 0.1) is 0 Å². The van der Waals surface area contributed by atoms with Crippen LogP contribution in [0.3, 0.4) is 0 Å². The van der Waals surface area contributed by atoms with Gasteiger partial charge in [-0.3, -0.25) is 9.80 Å². The van der Waals surface area contributed by atoms with Gasteiger partial charge in [0.2, 0.25) is 0 Å². The normalized spacial score (nSPS) is 17.2. The number of piperazine rings is 1. The fraction of sp³-hybridized carbons (Fsp3) is 0.318. The average Bonchev–Trinajstić information content (AvgIpc) is 2.70. The third kappa shape index (κ3) is 5.76. The summed E-state index contributed by atoms with van der Waals surface area (Å²) in [6.07, 6.45) is 3.75. The van der Waals surface area contributed by atoms with Gasteiger partial charge < -0.3 is 10.2 Å². The summed E-state index contributed by atoms with van der Waals surface area (Å²) < 4.78 is 0. The number of aliphatic hydroxyl groups is 1. The lowest BCUT2D eigenvalue weighted by atomic mass is 10.1. The molecule has 142 valence electrons. The van der Waals surface area contributed by atoms with Crippen LogP contribution < -0.4 is 0 Å². The predicted molar refractivity (Wildman–Crippen MR) is 107 cm³/mol. The first-order valence-corrected chi connectivity index (χ1v) is 9.29. The van der Waals surface area contributed by atoms with Gasteiger partial charge in [-0.05, 0) is 23.3 Å². The van der Waals surface area contributed by atoms with Crippen LogP contribution in [0.25, 0.3) is 6.08 Å². The Labute approximate surface area is 160 Å².